The van der Waals surface area contributed by atoms with E-state index in [9.17, 15) is 32.3 Å². The second kappa shape index (κ2) is 9.39. The van der Waals surface area contributed by atoms with Crippen molar-refractivity contribution in [3.63, 3.8) is 0 Å². The third kappa shape index (κ3) is 8.66. The van der Waals surface area contributed by atoms with E-state index >= 15 is 0 Å². The van der Waals surface area contributed by atoms with E-state index < -0.39 is 43.8 Å². The SMILES string of the molecule is CC(=O)c1cccc(OCC(=O)OCC(=O)NC(=O)NCC(F)(F)F)c1. The predicted octanol–water partition coefficient (Wildman–Crippen LogP) is 1.20. The second-order valence-electron chi connectivity index (χ2n) is 4.88. The van der Waals surface area contributed by atoms with Gasteiger partial charge >= 0.3 is 18.2 Å². The minimum absolute atomic E-state index is 0.196. The zero-order valence-corrected chi connectivity index (χ0v) is 13.5. The van der Waals surface area contributed by atoms with Crippen LogP contribution in [-0.4, -0.2) is 49.6 Å². The van der Waals surface area contributed by atoms with Crippen molar-refractivity contribution in [2.75, 3.05) is 19.8 Å². The fraction of sp³-hybridized carbons (Fsp3) is 0.333. The van der Waals surface area contributed by atoms with Gasteiger partial charge in [0.25, 0.3) is 5.91 Å². The third-order valence-electron chi connectivity index (χ3n) is 2.66. The maximum Gasteiger partial charge on any atom is 0.405 e. The number of amides is 3. The molecule has 0 bridgehead atoms. The van der Waals surface area contributed by atoms with Crippen molar-refractivity contribution in [1.29, 1.82) is 0 Å². The van der Waals surface area contributed by atoms with Crippen molar-refractivity contribution >= 4 is 23.7 Å². The van der Waals surface area contributed by atoms with Crippen LogP contribution in [0.1, 0.15) is 17.3 Å². The molecule has 0 unspecified atom stereocenters. The molecule has 2 N–H and O–H groups in total. The van der Waals surface area contributed by atoms with Crippen LogP contribution >= 0.6 is 0 Å². The number of rotatable bonds is 7. The first-order valence-corrected chi connectivity index (χ1v) is 7.10. The molecule has 0 atom stereocenters. The Labute approximate surface area is 145 Å². The van der Waals surface area contributed by atoms with Crippen molar-refractivity contribution in [2.45, 2.75) is 13.1 Å². The molecule has 0 aliphatic rings. The van der Waals surface area contributed by atoms with E-state index in [-0.39, 0.29) is 11.5 Å². The normalized spacial score (nSPS) is 10.6. The van der Waals surface area contributed by atoms with Gasteiger partial charge < -0.3 is 14.8 Å². The van der Waals surface area contributed by atoms with Gasteiger partial charge in [-0.2, -0.15) is 13.2 Å². The fourth-order valence-corrected chi connectivity index (χ4v) is 1.52. The third-order valence-corrected chi connectivity index (χ3v) is 2.66. The van der Waals surface area contributed by atoms with Crippen LogP contribution in [0.2, 0.25) is 0 Å². The highest BCUT2D eigenvalue weighted by Crippen LogP contribution is 2.13. The number of ether oxygens (including phenoxy) is 2. The summed E-state index contributed by atoms with van der Waals surface area (Å²) in [6.45, 7) is -1.71. The van der Waals surface area contributed by atoms with E-state index in [1.165, 1.54) is 24.4 Å². The molecule has 3 amide bonds. The molecular weight excluding hydrogens is 361 g/mol. The molecule has 8 nitrogen and oxygen atoms in total. The van der Waals surface area contributed by atoms with E-state index in [2.05, 4.69) is 4.74 Å². The summed E-state index contributed by atoms with van der Waals surface area (Å²) in [4.78, 5) is 44.9. The van der Waals surface area contributed by atoms with Crippen molar-refractivity contribution in [1.82, 2.24) is 10.6 Å². The second-order valence-corrected chi connectivity index (χ2v) is 4.88. The molecule has 0 spiro atoms. The van der Waals surface area contributed by atoms with E-state index in [4.69, 9.17) is 4.74 Å². The Morgan fingerprint density at radius 3 is 2.42 bits per heavy atom. The first-order valence-electron chi connectivity index (χ1n) is 7.10. The van der Waals surface area contributed by atoms with Crippen molar-refractivity contribution < 1.29 is 41.8 Å². The lowest BCUT2D eigenvalue weighted by Crippen LogP contribution is -2.44. The molecule has 1 rings (SSSR count). The van der Waals surface area contributed by atoms with Crippen molar-refractivity contribution in [3.05, 3.63) is 29.8 Å². The van der Waals surface area contributed by atoms with Gasteiger partial charge in [-0.1, -0.05) is 12.1 Å². The Morgan fingerprint density at radius 1 is 1.12 bits per heavy atom. The van der Waals surface area contributed by atoms with Crippen LogP contribution in [0.4, 0.5) is 18.0 Å². The van der Waals surface area contributed by atoms with Gasteiger partial charge in [-0.15, -0.1) is 0 Å². The summed E-state index contributed by atoms with van der Waals surface area (Å²) >= 11 is 0. The molecule has 0 aromatic heterocycles. The van der Waals surface area contributed by atoms with Crippen LogP contribution in [0.15, 0.2) is 24.3 Å². The zero-order chi connectivity index (χ0) is 19.7. The average Bonchev–Trinajstić information content (AvgIpc) is 2.56. The van der Waals surface area contributed by atoms with Gasteiger partial charge in [0.2, 0.25) is 0 Å². The largest absolute Gasteiger partial charge is 0.482 e. The van der Waals surface area contributed by atoms with Crippen LogP contribution in [0.5, 0.6) is 5.75 Å². The number of hydrogen-bond donors (Lipinski definition) is 2. The molecule has 1 aromatic carbocycles. The number of imide groups is 1. The van der Waals surface area contributed by atoms with Gasteiger partial charge in [0.15, 0.2) is 19.0 Å². The Balaban J connectivity index is 2.31. The molecule has 0 saturated heterocycles. The maximum atomic E-state index is 11.9. The minimum Gasteiger partial charge on any atom is -0.482 e. The number of Topliss-reactive ketones (excluding diaryl/α,β-unsaturated/α-hetero) is 1. The first-order chi connectivity index (χ1) is 12.1. The van der Waals surface area contributed by atoms with Crippen molar-refractivity contribution in [3.8, 4) is 5.75 Å². The number of carbonyl (C=O) groups excluding carboxylic acids is 4. The Kier molecular flexibility index (Phi) is 7.56. The Bertz CT molecular complexity index is 690. The molecule has 142 valence electrons. The van der Waals surface area contributed by atoms with Gasteiger partial charge in [-0.3, -0.25) is 14.9 Å². The standard InChI is InChI=1S/C15H15F3N2O6/c1-9(21)10-3-2-4-11(5-10)25-7-13(23)26-6-12(22)20-14(24)19-8-15(16,17)18/h2-5H,6-8H2,1H3,(H2,19,20,22,24). The van der Waals surface area contributed by atoms with E-state index in [1.54, 1.807) is 17.4 Å². The molecule has 0 saturated carbocycles. The number of urea groups is 1. The summed E-state index contributed by atoms with van der Waals surface area (Å²) in [6.07, 6.45) is -4.62. The number of ketones is 1. The maximum absolute atomic E-state index is 11.9. The number of hydrogen-bond acceptors (Lipinski definition) is 6. The molecule has 0 aliphatic carbocycles. The van der Waals surface area contributed by atoms with Crippen LogP contribution in [0.25, 0.3) is 0 Å². The van der Waals surface area contributed by atoms with Gasteiger partial charge in [-0.05, 0) is 19.1 Å². The quantitative estimate of drug-likeness (QED) is 0.547. The number of benzene rings is 1. The van der Waals surface area contributed by atoms with Crippen LogP contribution in [0, 0.1) is 0 Å². The van der Waals surface area contributed by atoms with Gasteiger partial charge in [0.05, 0.1) is 0 Å². The molecule has 11 heteroatoms. The van der Waals surface area contributed by atoms with Crippen LogP contribution in [0.3, 0.4) is 0 Å². The lowest BCUT2D eigenvalue weighted by atomic mass is 10.1. The molecule has 1 aromatic rings. The van der Waals surface area contributed by atoms with E-state index in [0.29, 0.717) is 5.56 Å². The van der Waals surface area contributed by atoms with E-state index in [0.717, 1.165) is 0 Å². The highest BCUT2D eigenvalue weighted by atomic mass is 19.4. The van der Waals surface area contributed by atoms with Crippen molar-refractivity contribution in [2.24, 2.45) is 0 Å². The number of alkyl halides is 3. The summed E-state index contributed by atoms with van der Waals surface area (Å²) in [6, 6.07) is 4.64. The lowest BCUT2D eigenvalue weighted by molar-refractivity contribution is -0.150. The summed E-state index contributed by atoms with van der Waals surface area (Å²) < 4.78 is 45.2. The summed E-state index contributed by atoms with van der Waals surface area (Å²) in [7, 11) is 0. The summed E-state index contributed by atoms with van der Waals surface area (Å²) in [5, 5.41) is 2.97. The first kappa shape index (κ1) is 20.9. The van der Waals surface area contributed by atoms with Crippen LogP contribution in [-0.2, 0) is 14.3 Å². The number of nitrogens with one attached hydrogen (secondary N) is 2. The summed E-state index contributed by atoms with van der Waals surface area (Å²) in [5.41, 5.74) is 0.375. The molecule has 0 fully saturated rings. The number of esters is 1. The Hall–Kier alpha value is -3.11. The molecule has 0 radical (unpaired) electrons. The summed E-state index contributed by atoms with van der Waals surface area (Å²) in [5.74, 6) is -2.04. The fourth-order valence-electron chi connectivity index (χ4n) is 1.52. The molecule has 0 heterocycles. The highest BCUT2D eigenvalue weighted by molar-refractivity contribution is 5.95. The van der Waals surface area contributed by atoms with Crippen LogP contribution < -0.4 is 15.4 Å². The minimum atomic E-state index is -4.62. The van der Waals surface area contributed by atoms with Gasteiger partial charge in [0, 0.05) is 5.56 Å². The Morgan fingerprint density at radius 2 is 1.81 bits per heavy atom. The van der Waals surface area contributed by atoms with Gasteiger partial charge in [-0.25, -0.2) is 9.59 Å². The average molecular weight is 376 g/mol. The number of halogens is 3. The topological polar surface area (TPSA) is 111 Å². The highest BCUT2D eigenvalue weighted by Gasteiger charge is 2.28. The predicted molar refractivity (Wildman–Crippen MR) is 80.5 cm³/mol. The molecule has 0 aliphatic heterocycles. The number of carbonyl (C=O) groups is 4. The zero-order valence-electron chi connectivity index (χ0n) is 13.5. The molecular formula is C15H15F3N2O6. The molecule has 26 heavy (non-hydrogen) atoms. The van der Waals surface area contributed by atoms with E-state index in [1.807, 2.05) is 0 Å². The monoisotopic (exact) mass is 376 g/mol. The smallest absolute Gasteiger partial charge is 0.405 e. The lowest BCUT2D eigenvalue weighted by Gasteiger charge is -2.10. The van der Waals surface area contributed by atoms with Gasteiger partial charge in [0.1, 0.15) is 12.3 Å².